The van der Waals surface area contributed by atoms with Crippen LogP contribution >= 0.6 is 0 Å². The Morgan fingerprint density at radius 1 is 1.14 bits per heavy atom. The van der Waals surface area contributed by atoms with Crippen LogP contribution in [0.3, 0.4) is 0 Å². The lowest BCUT2D eigenvalue weighted by Gasteiger charge is -2.04. The van der Waals surface area contributed by atoms with E-state index in [-0.39, 0.29) is 0 Å². The summed E-state index contributed by atoms with van der Waals surface area (Å²) in [5.41, 5.74) is 0.779. The minimum absolute atomic E-state index is 0.314. The lowest BCUT2D eigenvalue weighted by Crippen LogP contribution is -1.96. The number of nitriles is 2. The van der Waals surface area contributed by atoms with Crippen LogP contribution in [0.1, 0.15) is 24.0 Å². The van der Waals surface area contributed by atoms with Gasteiger partial charge in [-0.2, -0.15) is 10.5 Å². The minimum Gasteiger partial charge on any atom is -0.490 e. The lowest BCUT2D eigenvalue weighted by molar-refractivity contribution is 0.303. The third-order valence-electron chi connectivity index (χ3n) is 2.06. The van der Waals surface area contributed by atoms with Crippen molar-refractivity contribution in [2.75, 3.05) is 0 Å². The Morgan fingerprint density at radius 2 is 1.86 bits per heavy atom. The second-order valence-electron chi connectivity index (χ2n) is 3.25. The zero-order valence-electron chi connectivity index (χ0n) is 7.53. The molecular weight excluding hydrogens is 176 g/mol. The first-order valence-corrected chi connectivity index (χ1v) is 4.44. The fourth-order valence-electron chi connectivity index (χ4n) is 1.17. The summed E-state index contributed by atoms with van der Waals surface area (Å²) in [6.07, 6.45) is 2.48. The van der Waals surface area contributed by atoms with Gasteiger partial charge in [-0.3, -0.25) is 0 Å². The second-order valence-corrected chi connectivity index (χ2v) is 3.25. The van der Waals surface area contributed by atoms with Crippen molar-refractivity contribution in [2.24, 2.45) is 0 Å². The number of benzene rings is 1. The molecule has 1 fully saturated rings. The van der Waals surface area contributed by atoms with Crippen molar-refractivity contribution in [3.63, 3.8) is 0 Å². The molecule has 0 atom stereocenters. The Morgan fingerprint density at radius 3 is 2.43 bits per heavy atom. The van der Waals surface area contributed by atoms with E-state index in [0.717, 1.165) is 12.8 Å². The standard InChI is InChI=1S/C11H8N2O/c12-6-8-1-2-11(5-9(8)7-13)14-10-3-4-10/h1-2,5,10H,3-4H2. The van der Waals surface area contributed by atoms with Gasteiger partial charge in [0.25, 0.3) is 0 Å². The summed E-state index contributed by atoms with van der Waals surface area (Å²) in [6, 6.07) is 8.92. The Kier molecular flexibility index (Phi) is 2.08. The normalized spacial score (nSPS) is 14.1. The van der Waals surface area contributed by atoms with E-state index < -0.39 is 0 Å². The molecule has 3 nitrogen and oxygen atoms in total. The largest absolute Gasteiger partial charge is 0.490 e. The van der Waals surface area contributed by atoms with Gasteiger partial charge in [-0.15, -0.1) is 0 Å². The number of hydrogen-bond acceptors (Lipinski definition) is 3. The van der Waals surface area contributed by atoms with E-state index in [0.29, 0.717) is 23.0 Å². The molecule has 68 valence electrons. The minimum atomic E-state index is 0.314. The van der Waals surface area contributed by atoms with Gasteiger partial charge in [0.1, 0.15) is 17.9 Å². The first-order valence-electron chi connectivity index (χ1n) is 4.44. The summed E-state index contributed by atoms with van der Waals surface area (Å²) in [5, 5.41) is 17.5. The number of ether oxygens (including phenoxy) is 1. The SMILES string of the molecule is N#Cc1ccc(OC2CC2)cc1C#N. The molecule has 0 unspecified atom stereocenters. The topological polar surface area (TPSA) is 56.8 Å². The highest BCUT2D eigenvalue weighted by Crippen LogP contribution is 2.27. The molecule has 0 N–H and O–H groups in total. The molecule has 2 rings (SSSR count). The molecule has 0 spiro atoms. The number of hydrogen-bond donors (Lipinski definition) is 0. The molecule has 14 heavy (non-hydrogen) atoms. The van der Waals surface area contributed by atoms with E-state index in [1.807, 2.05) is 12.1 Å². The Balaban J connectivity index is 2.28. The fourth-order valence-corrected chi connectivity index (χ4v) is 1.17. The fraction of sp³-hybridized carbons (Fsp3) is 0.273. The van der Waals surface area contributed by atoms with Crippen LogP contribution < -0.4 is 4.74 Å². The Hall–Kier alpha value is -2.00. The third-order valence-corrected chi connectivity index (χ3v) is 2.06. The van der Waals surface area contributed by atoms with Crippen molar-refractivity contribution in [1.29, 1.82) is 10.5 Å². The summed E-state index contributed by atoms with van der Waals surface area (Å²) in [6.45, 7) is 0. The molecule has 1 aromatic rings. The van der Waals surface area contributed by atoms with E-state index in [9.17, 15) is 0 Å². The van der Waals surface area contributed by atoms with Crippen molar-refractivity contribution in [3.8, 4) is 17.9 Å². The quantitative estimate of drug-likeness (QED) is 0.706. The van der Waals surface area contributed by atoms with Crippen LogP contribution in [0.25, 0.3) is 0 Å². The average molecular weight is 184 g/mol. The molecule has 1 aliphatic carbocycles. The maximum Gasteiger partial charge on any atom is 0.121 e. The first-order chi connectivity index (χ1) is 6.83. The van der Waals surface area contributed by atoms with E-state index >= 15 is 0 Å². The highest BCUT2D eigenvalue weighted by molar-refractivity contribution is 5.49. The van der Waals surface area contributed by atoms with E-state index in [1.54, 1.807) is 18.2 Å². The molecule has 0 aliphatic heterocycles. The van der Waals surface area contributed by atoms with E-state index in [4.69, 9.17) is 15.3 Å². The van der Waals surface area contributed by atoms with Gasteiger partial charge in [-0.05, 0) is 31.0 Å². The van der Waals surface area contributed by atoms with Gasteiger partial charge in [-0.1, -0.05) is 0 Å². The monoisotopic (exact) mass is 184 g/mol. The summed E-state index contributed by atoms with van der Waals surface area (Å²) in [4.78, 5) is 0. The van der Waals surface area contributed by atoms with Crippen LogP contribution in [-0.2, 0) is 0 Å². The number of nitrogens with zero attached hydrogens (tertiary/aromatic N) is 2. The zero-order chi connectivity index (χ0) is 9.97. The second kappa shape index (κ2) is 3.40. The predicted molar refractivity (Wildman–Crippen MR) is 49.5 cm³/mol. The zero-order valence-corrected chi connectivity index (χ0v) is 7.53. The van der Waals surface area contributed by atoms with Crippen LogP contribution in [0.4, 0.5) is 0 Å². The summed E-state index contributed by atoms with van der Waals surface area (Å²) >= 11 is 0. The summed E-state index contributed by atoms with van der Waals surface area (Å²) in [5.74, 6) is 0.683. The molecular formula is C11H8N2O. The van der Waals surface area contributed by atoms with Crippen molar-refractivity contribution in [2.45, 2.75) is 18.9 Å². The van der Waals surface area contributed by atoms with Crippen LogP contribution in [-0.4, -0.2) is 6.10 Å². The molecule has 0 aromatic heterocycles. The van der Waals surface area contributed by atoms with Crippen LogP contribution in [0.5, 0.6) is 5.75 Å². The lowest BCUT2D eigenvalue weighted by atomic mass is 10.1. The molecule has 0 radical (unpaired) electrons. The van der Waals surface area contributed by atoms with Crippen molar-refractivity contribution in [1.82, 2.24) is 0 Å². The van der Waals surface area contributed by atoms with Crippen molar-refractivity contribution >= 4 is 0 Å². The van der Waals surface area contributed by atoms with Gasteiger partial charge >= 0.3 is 0 Å². The summed E-state index contributed by atoms with van der Waals surface area (Å²) in [7, 11) is 0. The molecule has 1 saturated carbocycles. The molecule has 0 bridgehead atoms. The van der Waals surface area contributed by atoms with Gasteiger partial charge < -0.3 is 4.74 Å². The average Bonchev–Trinajstić information content (AvgIpc) is 3.01. The van der Waals surface area contributed by atoms with Crippen LogP contribution in [0, 0.1) is 22.7 Å². The molecule has 3 heteroatoms. The highest BCUT2D eigenvalue weighted by atomic mass is 16.5. The maximum absolute atomic E-state index is 8.77. The van der Waals surface area contributed by atoms with Gasteiger partial charge in [0.05, 0.1) is 17.2 Å². The van der Waals surface area contributed by atoms with Crippen LogP contribution in [0.15, 0.2) is 18.2 Å². The van der Waals surface area contributed by atoms with Gasteiger partial charge in [-0.25, -0.2) is 0 Å². The van der Waals surface area contributed by atoms with Crippen molar-refractivity contribution < 1.29 is 4.74 Å². The smallest absolute Gasteiger partial charge is 0.121 e. The highest BCUT2D eigenvalue weighted by Gasteiger charge is 2.23. The van der Waals surface area contributed by atoms with Gasteiger partial charge in [0.15, 0.2) is 0 Å². The van der Waals surface area contributed by atoms with Crippen molar-refractivity contribution in [3.05, 3.63) is 29.3 Å². The maximum atomic E-state index is 8.77. The van der Waals surface area contributed by atoms with Gasteiger partial charge in [0, 0.05) is 0 Å². The third kappa shape index (κ3) is 1.67. The Labute approximate surface area is 82.1 Å². The molecule has 0 amide bonds. The summed E-state index contributed by atoms with van der Waals surface area (Å²) < 4.78 is 5.51. The predicted octanol–water partition coefficient (Wildman–Crippen LogP) is 1.97. The molecule has 0 heterocycles. The molecule has 1 aliphatic rings. The van der Waals surface area contributed by atoms with E-state index in [2.05, 4.69) is 0 Å². The Bertz CT molecular complexity index is 436. The molecule has 0 saturated heterocycles. The van der Waals surface area contributed by atoms with Gasteiger partial charge in [0.2, 0.25) is 0 Å². The first kappa shape index (κ1) is 8.59. The number of rotatable bonds is 2. The van der Waals surface area contributed by atoms with E-state index in [1.165, 1.54) is 0 Å². The molecule has 1 aromatic carbocycles. The van der Waals surface area contributed by atoms with Crippen LogP contribution in [0.2, 0.25) is 0 Å².